The summed E-state index contributed by atoms with van der Waals surface area (Å²) in [4.78, 5) is 24.1. The summed E-state index contributed by atoms with van der Waals surface area (Å²) in [6.45, 7) is -0.396. The zero-order valence-corrected chi connectivity index (χ0v) is 12.3. The SMILES string of the molecule is COCCN(CC(F)F)C(=O)CCc1ccccc1C(=O)O. The fraction of sp³-hybridized carbons (Fsp3) is 0.467. The zero-order valence-electron chi connectivity index (χ0n) is 12.3. The number of aromatic carboxylic acids is 1. The van der Waals surface area contributed by atoms with Gasteiger partial charge >= 0.3 is 5.97 Å². The summed E-state index contributed by atoms with van der Waals surface area (Å²) >= 11 is 0. The summed E-state index contributed by atoms with van der Waals surface area (Å²) in [6, 6.07) is 6.33. The highest BCUT2D eigenvalue weighted by Gasteiger charge is 2.18. The summed E-state index contributed by atoms with van der Waals surface area (Å²) in [5, 5.41) is 9.06. The lowest BCUT2D eigenvalue weighted by atomic mass is 10.0. The van der Waals surface area contributed by atoms with Crippen molar-refractivity contribution in [1.82, 2.24) is 4.90 Å². The Labute approximate surface area is 127 Å². The standard InChI is InChI=1S/C15H19F2NO4/c1-22-9-8-18(10-13(16)17)14(19)7-6-11-4-2-3-5-12(11)15(20)21/h2-5,13H,6-10H2,1H3,(H,20,21). The van der Waals surface area contributed by atoms with E-state index in [2.05, 4.69) is 0 Å². The van der Waals surface area contributed by atoms with Gasteiger partial charge in [0.25, 0.3) is 6.43 Å². The number of amides is 1. The molecule has 0 aliphatic rings. The average Bonchev–Trinajstić information content (AvgIpc) is 2.48. The third kappa shape index (κ3) is 5.77. The molecule has 7 heteroatoms. The number of carbonyl (C=O) groups is 2. The van der Waals surface area contributed by atoms with Crippen LogP contribution in [0.1, 0.15) is 22.3 Å². The molecular formula is C15H19F2NO4. The molecule has 1 N–H and O–H groups in total. The number of benzene rings is 1. The van der Waals surface area contributed by atoms with Gasteiger partial charge in [-0.15, -0.1) is 0 Å². The molecule has 1 aromatic rings. The molecule has 0 saturated heterocycles. The first-order valence-corrected chi connectivity index (χ1v) is 6.81. The summed E-state index contributed by atoms with van der Waals surface area (Å²) in [5.41, 5.74) is 0.625. The van der Waals surface area contributed by atoms with Crippen LogP contribution >= 0.6 is 0 Å². The van der Waals surface area contributed by atoms with E-state index in [-0.39, 0.29) is 31.6 Å². The number of rotatable bonds is 9. The van der Waals surface area contributed by atoms with E-state index < -0.39 is 24.8 Å². The van der Waals surface area contributed by atoms with Crippen LogP contribution in [0.4, 0.5) is 8.78 Å². The molecule has 0 aliphatic carbocycles. The minimum atomic E-state index is -2.62. The molecule has 1 amide bonds. The molecule has 0 fully saturated rings. The van der Waals surface area contributed by atoms with Gasteiger partial charge in [0.2, 0.25) is 5.91 Å². The molecule has 5 nitrogen and oxygen atoms in total. The minimum Gasteiger partial charge on any atom is -0.478 e. The van der Waals surface area contributed by atoms with E-state index in [4.69, 9.17) is 9.84 Å². The van der Waals surface area contributed by atoms with Crippen molar-refractivity contribution in [1.29, 1.82) is 0 Å². The number of alkyl halides is 2. The van der Waals surface area contributed by atoms with E-state index in [1.54, 1.807) is 18.2 Å². The lowest BCUT2D eigenvalue weighted by Gasteiger charge is -2.22. The Balaban J connectivity index is 2.68. The predicted molar refractivity (Wildman–Crippen MR) is 76.2 cm³/mol. The van der Waals surface area contributed by atoms with E-state index >= 15 is 0 Å². The summed E-state index contributed by atoms with van der Waals surface area (Å²) in [5.74, 6) is -1.52. The van der Waals surface area contributed by atoms with Crippen molar-refractivity contribution in [3.05, 3.63) is 35.4 Å². The van der Waals surface area contributed by atoms with Crippen LogP contribution in [0.3, 0.4) is 0 Å². The maximum absolute atomic E-state index is 12.5. The second-order valence-electron chi connectivity index (χ2n) is 4.69. The zero-order chi connectivity index (χ0) is 16.5. The smallest absolute Gasteiger partial charge is 0.335 e. The quantitative estimate of drug-likeness (QED) is 0.757. The highest BCUT2D eigenvalue weighted by Crippen LogP contribution is 2.12. The Bertz CT molecular complexity index is 508. The van der Waals surface area contributed by atoms with Crippen LogP contribution in [0.5, 0.6) is 0 Å². The van der Waals surface area contributed by atoms with Gasteiger partial charge < -0.3 is 14.7 Å². The Morgan fingerprint density at radius 2 is 2.00 bits per heavy atom. The number of nitrogens with zero attached hydrogens (tertiary/aromatic N) is 1. The van der Waals surface area contributed by atoms with Crippen molar-refractivity contribution in [2.45, 2.75) is 19.3 Å². The highest BCUT2D eigenvalue weighted by atomic mass is 19.3. The third-order valence-corrected chi connectivity index (χ3v) is 3.13. The van der Waals surface area contributed by atoms with E-state index in [1.165, 1.54) is 13.2 Å². The first kappa shape index (κ1) is 18.0. The van der Waals surface area contributed by atoms with Gasteiger partial charge in [-0.1, -0.05) is 18.2 Å². The second-order valence-corrected chi connectivity index (χ2v) is 4.69. The normalized spacial score (nSPS) is 10.7. The summed E-state index contributed by atoms with van der Waals surface area (Å²) in [6.07, 6.45) is -2.46. The lowest BCUT2D eigenvalue weighted by Crippen LogP contribution is -2.37. The molecule has 0 aromatic heterocycles. The number of hydrogen-bond donors (Lipinski definition) is 1. The van der Waals surface area contributed by atoms with Crippen molar-refractivity contribution in [2.75, 3.05) is 26.8 Å². The van der Waals surface area contributed by atoms with Crippen LogP contribution in [0.25, 0.3) is 0 Å². The number of carbonyl (C=O) groups excluding carboxylic acids is 1. The maximum atomic E-state index is 12.5. The molecule has 0 bridgehead atoms. The number of aryl methyl sites for hydroxylation is 1. The maximum Gasteiger partial charge on any atom is 0.335 e. The number of carboxylic acids is 1. The van der Waals surface area contributed by atoms with Crippen LogP contribution in [-0.2, 0) is 16.0 Å². The lowest BCUT2D eigenvalue weighted by molar-refractivity contribution is -0.133. The Kier molecular flexibility index (Phi) is 7.45. The van der Waals surface area contributed by atoms with Crippen LogP contribution in [0.2, 0.25) is 0 Å². The first-order chi connectivity index (χ1) is 10.5. The van der Waals surface area contributed by atoms with Crippen LogP contribution in [0, 0.1) is 0 Å². The summed E-state index contributed by atoms with van der Waals surface area (Å²) in [7, 11) is 1.42. The van der Waals surface area contributed by atoms with E-state index in [9.17, 15) is 18.4 Å². The number of carboxylic acid groups (broad SMARTS) is 1. The van der Waals surface area contributed by atoms with Crippen molar-refractivity contribution < 1.29 is 28.2 Å². The number of hydrogen-bond acceptors (Lipinski definition) is 3. The first-order valence-electron chi connectivity index (χ1n) is 6.81. The van der Waals surface area contributed by atoms with Crippen molar-refractivity contribution in [2.24, 2.45) is 0 Å². The molecule has 0 heterocycles. The molecule has 0 aliphatic heterocycles. The van der Waals surface area contributed by atoms with Crippen molar-refractivity contribution >= 4 is 11.9 Å². The van der Waals surface area contributed by atoms with Gasteiger partial charge in [0.05, 0.1) is 18.7 Å². The van der Waals surface area contributed by atoms with Gasteiger partial charge in [0.1, 0.15) is 0 Å². The van der Waals surface area contributed by atoms with Gasteiger partial charge in [0, 0.05) is 20.1 Å². The average molecular weight is 315 g/mol. The molecule has 0 atom stereocenters. The molecule has 1 rings (SSSR count). The number of methoxy groups -OCH3 is 1. The molecule has 22 heavy (non-hydrogen) atoms. The van der Waals surface area contributed by atoms with Gasteiger partial charge in [-0.3, -0.25) is 4.79 Å². The summed E-state index contributed by atoms with van der Waals surface area (Å²) < 4.78 is 29.8. The topological polar surface area (TPSA) is 66.8 Å². The largest absolute Gasteiger partial charge is 0.478 e. The Hall–Kier alpha value is -2.02. The van der Waals surface area contributed by atoms with Gasteiger partial charge in [-0.2, -0.15) is 0 Å². The molecule has 0 saturated carbocycles. The molecule has 0 radical (unpaired) electrons. The molecule has 0 spiro atoms. The van der Waals surface area contributed by atoms with Crippen molar-refractivity contribution in [3.63, 3.8) is 0 Å². The van der Waals surface area contributed by atoms with Crippen LogP contribution in [-0.4, -0.2) is 55.1 Å². The Morgan fingerprint density at radius 1 is 1.32 bits per heavy atom. The Morgan fingerprint density at radius 3 is 2.59 bits per heavy atom. The predicted octanol–water partition coefficient (Wildman–Crippen LogP) is 2.06. The minimum absolute atomic E-state index is 0.0271. The molecule has 1 aromatic carbocycles. The fourth-order valence-corrected chi connectivity index (χ4v) is 2.03. The fourth-order valence-electron chi connectivity index (χ4n) is 2.03. The highest BCUT2D eigenvalue weighted by molar-refractivity contribution is 5.89. The van der Waals surface area contributed by atoms with E-state index in [0.717, 1.165) is 4.90 Å². The molecule has 122 valence electrons. The van der Waals surface area contributed by atoms with Gasteiger partial charge in [-0.25, -0.2) is 13.6 Å². The van der Waals surface area contributed by atoms with Gasteiger partial charge in [-0.05, 0) is 18.1 Å². The molecule has 0 unspecified atom stereocenters. The third-order valence-electron chi connectivity index (χ3n) is 3.13. The van der Waals surface area contributed by atoms with E-state index in [0.29, 0.717) is 5.56 Å². The monoisotopic (exact) mass is 315 g/mol. The number of ether oxygens (including phenoxy) is 1. The molecular weight excluding hydrogens is 296 g/mol. The van der Waals surface area contributed by atoms with Crippen LogP contribution < -0.4 is 0 Å². The van der Waals surface area contributed by atoms with Crippen molar-refractivity contribution in [3.8, 4) is 0 Å². The number of halogens is 2. The van der Waals surface area contributed by atoms with E-state index in [1.807, 2.05) is 0 Å². The van der Waals surface area contributed by atoms with Crippen LogP contribution in [0.15, 0.2) is 24.3 Å². The van der Waals surface area contributed by atoms with Gasteiger partial charge in [0.15, 0.2) is 0 Å². The second kappa shape index (κ2) is 9.09.